The van der Waals surface area contributed by atoms with Crippen LogP contribution in [-0.2, 0) is 11.3 Å². The van der Waals surface area contributed by atoms with E-state index in [1.54, 1.807) is 48.8 Å². The first-order valence-corrected chi connectivity index (χ1v) is 9.29. The van der Waals surface area contributed by atoms with E-state index in [-0.39, 0.29) is 12.5 Å². The number of hydrogen-bond acceptors (Lipinski definition) is 8. The maximum Gasteiger partial charge on any atom is 0.420 e. The Balaban J connectivity index is 1.23. The largest absolute Gasteiger partial charge is 0.420 e. The molecular weight excluding hydrogens is 386 g/mol. The number of amides is 1. The van der Waals surface area contributed by atoms with Crippen molar-refractivity contribution in [1.29, 1.82) is 0 Å². The standard InChI is InChI=1S/C20H19N7O3/c28-19(13-27-15-5-1-2-6-16(15)30-20(27)29)23-11-10-22-17-7-8-18(26-25-17)24-14-4-3-9-21-12-14/h1-9,12H,10-11,13H2,(H,22,25)(H,23,28)(H,24,26). The van der Waals surface area contributed by atoms with E-state index in [0.29, 0.717) is 35.8 Å². The number of anilines is 3. The number of carbonyl (C=O) groups excluding carboxylic acids is 1. The van der Waals surface area contributed by atoms with Crippen molar-refractivity contribution >= 4 is 34.3 Å². The second-order valence-electron chi connectivity index (χ2n) is 6.37. The fraction of sp³-hybridized carbons (Fsp3) is 0.150. The Hall–Kier alpha value is -4.21. The molecule has 3 aromatic heterocycles. The molecule has 4 aromatic rings. The lowest BCUT2D eigenvalue weighted by Crippen LogP contribution is -2.33. The minimum atomic E-state index is -0.556. The van der Waals surface area contributed by atoms with Gasteiger partial charge >= 0.3 is 5.76 Å². The van der Waals surface area contributed by atoms with Crippen LogP contribution in [0.4, 0.5) is 17.3 Å². The van der Waals surface area contributed by atoms with Crippen LogP contribution in [0.15, 0.2) is 70.1 Å². The summed E-state index contributed by atoms with van der Waals surface area (Å²) < 4.78 is 6.42. The van der Waals surface area contributed by atoms with Crippen LogP contribution in [0.3, 0.4) is 0 Å². The molecule has 3 N–H and O–H groups in total. The molecule has 1 amide bonds. The summed E-state index contributed by atoms with van der Waals surface area (Å²) in [5.41, 5.74) is 1.86. The van der Waals surface area contributed by atoms with Crippen molar-refractivity contribution in [2.45, 2.75) is 6.54 Å². The van der Waals surface area contributed by atoms with Gasteiger partial charge in [-0.25, -0.2) is 4.79 Å². The molecule has 0 aliphatic carbocycles. The zero-order valence-electron chi connectivity index (χ0n) is 15.9. The number of rotatable bonds is 8. The van der Waals surface area contributed by atoms with Crippen LogP contribution in [0.5, 0.6) is 0 Å². The van der Waals surface area contributed by atoms with Gasteiger partial charge in [0.15, 0.2) is 11.4 Å². The third-order valence-corrected chi connectivity index (χ3v) is 4.23. The Morgan fingerprint density at radius 3 is 2.63 bits per heavy atom. The van der Waals surface area contributed by atoms with Gasteiger partial charge in [-0.15, -0.1) is 10.2 Å². The Bertz CT molecular complexity index is 1190. The number of hydrogen-bond donors (Lipinski definition) is 3. The van der Waals surface area contributed by atoms with Crippen LogP contribution in [0.2, 0.25) is 0 Å². The van der Waals surface area contributed by atoms with Crippen molar-refractivity contribution in [2.24, 2.45) is 0 Å². The van der Waals surface area contributed by atoms with E-state index in [4.69, 9.17) is 4.42 Å². The molecule has 1 aromatic carbocycles. The lowest BCUT2D eigenvalue weighted by atomic mass is 10.3. The van der Waals surface area contributed by atoms with Crippen LogP contribution in [0.1, 0.15) is 0 Å². The molecule has 0 atom stereocenters. The van der Waals surface area contributed by atoms with Crippen LogP contribution >= 0.6 is 0 Å². The number of nitrogens with one attached hydrogen (secondary N) is 3. The maximum absolute atomic E-state index is 12.2. The second kappa shape index (κ2) is 8.86. The van der Waals surface area contributed by atoms with E-state index >= 15 is 0 Å². The molecule has 0 bridgehead atoms. The SMILES string of the molecule is O=C(Cn1c(=O)oc2ccccc21)NCCNc1ccc(Nc2cccnc2)nn1. The molecule has 3 heterocycles. The first-order valence-electron chi connectivity index (χ1n) is 9.29. The molecule has 0 radical (unpaired) electrons. The Labute approximate surface area is 171 Å². The van der Waals surface area contributed by atoms with Gasteiger partial charge in [-0.1, -0.05) is 12.1 Å². The molecule has 0 saturated heterocycles. The fourth-order valence-electron chi connectivity index (χ4n) is 2.83. The summed E-state index contributed by atoms with van der Waals surface area (Å²) in [7, 11) is 0. The molecular formula is C20H19N7O3. The highest BCUT2D eigenvalue weighted by Gasteiger charge is 2.11. The van der Waals surface area contributed by atoms with Crippen LogP contribution < -0.4 is 21.7 Å². The first-order chi connectivity index (χ1) is 14.7. The van der Waals surface area contributed by atoms with Crippen molar-refractivity contribution in [3.05, 3.63) is 71.5 Å². The molecule has 10 nitrogen and oxygen atoms in total. The van der Waals surface area contributed by atoms with Crippen LogP contribution in [-0.4, -0.2) is 38.7 Å². The molecule has 0 aliphatic heterocycles. The van der Waals surface area contributed by atoms with Gasteiger partial charge in [0.05, 0.1) is 17.4 Å². The van der Waals surface area contributed by atoms with Gasteiger partial charge in [0.2, 0.25) is 5.91 Å². The maximum atomic E-state index is 12.2. The van der Waals surface area contributed by atoms with Crippen molar-refractivity contribution in [1.82, 2.24) is 25.1 Å². The molecule has 0 spiro atoms. The van der Waals surface area contributed by atoms with E-state index in [1.165, 1.54) is 4.57 Å². The third-order valence-electron chi connectivity index (χ3n) is 4.23. The minimum absolute atomic E-state index is 0.107. The lowest BCUT2D eigenvalue weighted by Gasteiger charge is -2.08. The van der Waals surface area contributed by atoms with E-state index in [9.17, 15) is 9.59 Å². The number of pyridine rings is 1. The summed E-state index contributed by atoms with van der Waals surface area (Å²) in [6.45, 7) is 0.710. The minimum Gasteiger partial charge on any atom is -0.408 e. The topological polar surface area (TPSA) is 127 Å². The van der Waals surface area contributed by atoms with Crippen molar-refractivity contribution < 1.29 is 9.21 Å². The summed E-state index contributed by atoms with van der Waals surface area (Å²) in [6.07, 6.45) is 3.38. The third kappa shape index (κ3) is 4.61. The number of nitrogens with zero attached hydrogens (tertiary/aromatic N) is 4. The quantitative estimate of drug-likeness (QED) is 0.379. The van der Waals surface area contributed by atoms with Crippen LogP contribution in [0.25, 0.3) is 11.1 Å². The van der Waals surface area contributed by atoms with Gasteiger partial charge < -0.3 is 20.4 Å². The average Bonchev–Trinajstić information content (AvgIpc) is 3.08. The Morgan fingerprint density at radius 2 is 1.83 bits per heavy atom. The van der Waals surface area contributed by atoms with Crippen molar-refractivity contribution in [3.63, 3.8) is 0 Å². The molecule has 0 aliphatic rings. The highest BCUT2D eigenvalue weighted by molar-refractivity contribution is 5.79. The van der Waals surface area contributed by atoms with Gasteiger partial charge in [-0.3, -0.25) is 14.3 Å². The molecule has 0 unspecified atom stereocenters. The van der Waals surface area contributed by atoms with Gasteiger partial charge in [-0.05, 0) is 36.4 Å². The van der Waals surface area contributed by atoms with E-state index in [1.807, 2.05) is 12.1 Å². The van der Waals surface area contributed by atoms with Gasteiger partial charge in [0, 0.05) is 19.3 Å². The summed E-state index contributed by atoms with van der Waals surface area (Å²) in [6, 6.07) is 14.3. The molecule has 0 fully saturated rings. The zero-order valence-corrected chi connectivity index (χ0v) is 15.9. The first kappa shape index (κ1) is 19.1. The number of carbonyl (C=O) groups is 1. The summed E-state index contributed by atoms with van der Waals surface area (Å²) in [4.78, 5) is 28.1. The van der Waals surface area contributed by atoms with Crippen molar-refractivity contribution in [3.8, 4) is 0 Å². The van der Waals surface area contributed by atoms with Gasteiger partial charge in [-0.2, -0.15) is 0 Å². The number of fused-ring (bicyclic) bond motifs is 1. The highest BCUT2D eigenvalue weighted by Crippen LogP contribution is 2.13. The molecule has 4 rings (SSSR count). The zero-order chi connectivity index (χ0) is 20.8. The molecule has 0 saturated carbocycles. The summed E-state index contributed by atoms with van der Waals surface area (Å²) in [5.74, 6) is 0.338. The monoisotopic (exact) mass is 405 g/mol. The smallest absolute Gasteiger partial charge is 0.408 e. The predicted octanol–water partition coefficient (Wildman–Crippen LogP) is 1.75. The fourth-order valence-corrected chi connectivity index (χ4v) is 2.83. The molecule has 10 heteroatoms. The summed E-state index contributed by atoms with van der Waals surface area (Å²) in [5, 5.41) is 17.1. The van der Waals surface area contributed by atoms with E-state index in [2.05, 4.69) is 31.1 Å². The molecule has 30 heavy (non-hydrogen) atoms. The van der Waals surface area contributed by atoms with Crippen LogP contribution in [0, 0.1) is 0 Å². The lowest BCUT2D eigenvalue weighted by molar-refractivity contribution is -0.121. The Kier molecular flexibility index (Phi) is 5.65. The van der Waals surface area contributed by atoms with Crippen molar-refractivity contribution in [2.75, 3.05) is 23.7 Å². The normalized spacial score (nSPS) is 10.7. The number of para-hydroxylation sites is 2. The van der Waals surface area contributed by atoms with Gasteiger partial charge in [0.1, 0.15) is 12.4 Å². The number of benzene rings is 1. The highest BCUT2D eigenvalue weighted by atomic mass is 16.4. The predicted molar refractivity (Wildman–Crippen MR) is 112 cm³/mol. The second-order valence-corrected chi connectivity index (χ2v) is 6.37. The number of aromatic nitrogens is 4. The average molecular weight is 405 g/mol. The van der Waals surface area contributed by atoms with Gasteiger partial charge in [0.25, 0.3) is 0 Å². The molecule has 152 valence electrons. The Morgan fingerprint density at radius 1 is 1.00 bits per heavy atom. The van der Waals surface area contributed by atoms with E-state index < -0.39 is 5.76 Å². The summed E-state index contributed by atoms with van der Waals surface area (Å²) >= 11 is 0. The number of oxazole rings is 1. The van der Waals surface area contributed by atoms with E-state index in [0.717, 1.165) is 5.69 Å².